The van der Waals surface area contributed by atoms with E-state index in [4.69, 9.17) is 0 Å². The van der Waals surface area contributed by atoms with Gasteiger partial charge >= 0.3 is 6.03 Å². The number of carbonyl (C=O) groups is 1. The van der Waals surface area contributed by atoms with Crippen LogP contribution in [0.3, 0.4) is 0 Å². The minimum atomic E-state index is -0.410. The van der Waals surface area contributed by atoms with Gasteiger partial charge in [-0.1, -0.05) is 12.1 Å². The van der Waals surface area contributed by atoms with E-state index in [1.807, 2.05) is 16.8 Å². The molecule has 1 aliphatic rings. The molecule has 0 aliphatic heterocycles. The van der Waals surface area contributed by atoms with Gasteiger partial charge in [-0.15, -0.1) is 0 Å². The van der Waals surface area contributed by atoms with Gasteiger partial charge in [0.1, 0.15) is 5.82 Å². The minimum absolute atomic E-state index is 0.230. The van der Waals surface area contributed by atoms with Crippen LogP contribution < -0.4 is 5.32 Å². The summed E-state index contributed by atoms with van der Waals surface area (Å²) in [7, 11) is 0. The van der Waals surface area contributed by atoms with Gasteiger partial charge in [-0.3, -0.25) is 0 Å². The molecule has 1 N–H and O–H groups in total. The molecule has 104 valence electrons. The lowest BCUT2D eigenvalue weighted by molar-refractivity contribution is 0.206. The van der Waals surface area contributed by atoms with Crippen LogP contribution in [0.5, 0.6) is 0 Å². The molecule has 0 radical (unpaired) electrons. The molecule has 0 saturated heterocycles. The molecule has 0 unspecified atom stereocenters. The molecular formula is C15H15FN2OS. The summed E-state index contributed by atoms with van der Waals surface area (Å²) in [6.07, 6.45) is 2.05. The Hall–Kier alpha value is -1.88. The average molecular weight is 290 g/mol. The molecule has 0 spiro atoms. The highest BCUT2D eigenvalue weighted by molar-refractivity contribution is 7.07. The normalized spacial score (nSPS) is 14.1. The quantitative estimate of drug-likeness (QED) is 0.904. The van der Waals surface area contributed by atoms with Gasteiger partial charge in [0.15, 0.2) is 0 Å². The number of benzene rings is 1. The average Bonchev–Trinajstić information content (AvgIpc) is 3.15. The molecule has 1 saturated carbocycles. The van der Waals surface area contributed by atoms with Gasteiger partial charge < -0.3 is 10.2 Å². The number of amides is 2. The van der Waals surface area contributed by atoms with E-state index in [2.05, 4.69) is 5.32 Å². The van der Waals surface area contributed by atoms with Crippen LogP contribution in [-0.2, 0) is 6.54 Å². The maximum Gasteiger partial charge on any atom is 0.322 e. The second kappa shape index (κ2) is 5.63. The molecule has 0 atom stereocenters. The van der Waals surface area contributed by atoms with Crippen LogP contribution >= 0.6 is 11.3 Å². The molecule has 20 heavy (non-hydrogen) atoms. The summed E-state index contributed by atoms with van der Waals surface area (Å²) in [6, 6.07) is 8.29. The Morgan fingerprint density at radius 1 is 1.35 bits per heavy atom. The summed E-state index contributed by atoms with van der Waals surface area (Å²) >= 11 is 1.61. The highest BCUT2D eigenvalue weighted by Crippen LogP contribution is 2.29. The Morgan fingerprint density at radius 3 is 2.80 bits per heavy atom. The monoisotopic (exact) mass is 290 g/mol. The first-order valence-electron chi connectivity index (χ1n) is 6.57. The largest absolute Gasteiger partial charge is 0.322 e. The number of nitrogens with zero attached hydrogens (tertiary/aromatic N) is 1. The van der Waals surface area contributed by atoms with E-state index >= 15 is 0 Å². The fourth-order valence-corrected chi connectivity index (χ4v) is 2.74. The molecule has 1 aromatic heterocycles. The van der Waals surface area contributed by atoms with Gasteiger partial charge in [0.25, 0.3) is 0 Å². The van der Waals surface area contributed by atoms with Crippen LogP contribution in [0.4, 0.5) is 14.9 Å². The number of hydrogen-bond acceptors (Lipinski definition) is 2. The van der Waals surface area contributed by atoms with E-state index in [-0.39, 0.29) is 17.8 Å². The first-order chi connectivity index (χ1) is 9.74. The zero-order valence-corrected chi connectivity index (χ0v) is 11.7. The number of anilines is 1. The number of nitrogens with one attached hydrogen (secondary N) is 1. The van der Waals surface area contributed by atoms with Crippen molar-refractivity contribution in [3.63, 3.8) is 0 Å². The number of urea groups is 1. The van der Waals surface area contributed by atoms with Crippen LogP contribution in [0.2, 0.25) is 0 Å². The van der Waals surface area contributed by atoms with Gasteiger partial charge in [0.2, 0.25) is 0 Å². The Morgan fingerprint density at radius 2 is 2.15 bits per heavy atom. The molecule has 1 aliphatic carbocycles. The summed E-state index contributed by atoms with van der Waals surface area (Å²) in [6.45, 7) is 0.578. The van der Waals surface area contributed by atoms with E-state index in [0.29, 0.717) is 6.54 Å². The lowest BCUT2D eigenvalue weighted by Crippen LogP contribution is -2.36. The number of halogens is 1. The summed E-state index contributed by atoms with van der Waals surface area (Å²) in [5.74, 6) is -0.410. The third-order valence-corrected chi connectivity index (χ3v) is 4.03. The minimum Gasteiger partial charge on any atom is -0.317 e. The number of rotatable bonds is 4. The Balaban J connectivity index is 1.71. The summed E-state index contributed by atoms with van der Waals surface area (Å²) in [5.41, 5.74) is 1.35. The number of hydrogen-bond donors (Lipinski definition) is 1. The molecule has 5 heteroatoms. The molecule has 3 rings (SSSR count). The number of carbonyl (C=O) groups excluding carboxylic acids is 1. The van der Waals surface area contributed by atoms with E-state index in [1.165, 1.54) is 6.07 Å². The smallest absolute Gasteiger partial charge is 0.317 e. The second-order valence-electron chi connectivity index (χ2n) is 4.90. The van der Waals surface area contributed by atoms with Crippen molar-refractivity contribution in [2.75, 3.05) is 5.32 Å². The lowest BCUT2D eigenvalue weighted by Gasteiger charge is -2.22. The highest BCUT2D eigenvalue weighted by atomic mass is 32.1. The molecule has 0 bridgehead atoms. The first-order valence-corrected chi connectivity index (χ1v) is 7.51. The molecule has 2 aromatic rings. The molecular weight excluding hydrogens is 275 g/mol. The predicted octanol–water partition coefficient (Wildman–Crippen LogP) is 4.08. The fraction of sp³-hybridized carbons (Fsp3) is 0.267. The van der Waals surface area contributed by atoms with Crippen molar-refractivity contribution in [2.45, 2.75) is 25.4 Å². The third-order valence-electron chi connectivity index (χ3n) is 3.30. The maximum absolute atomic E-state index is 13.6. The van der Waals surface area contributed by atoms with E-state index < -0.39 is 5.82 Å². The Kier molecular flexibility index (Phi) is 3.69. The maximum atomic E-state index is 13.6. The number of para-hydroxylation sites is 1. The van der Waals surface area contributed by atoms with Crippen LogP contribution in [0.15, 0.2) is 41.1 Å². The topological polar surface area (TPSA) is 32.3 Å². The van der Waals surface area contributed by atoms with Crippen LogP contribution in [0.1, 0.15) is 18.4 Å². The van der Waals surface area contributed by atoms with Crippen molar-refractivity contribution in [2.24, 2.45) is 0 Å². The summed E-state index contributed by atoms with van der Waals surface area (Å²) in [4.78, 5) is 14.1. The van der Waals surface area contributed by atoms with Crippen molar-refractivity contribution in [3.8, 4) is 0 Å². The second-order valence-corrected chi connectivity index (χ2v) is 5.68. The molecule has 1 fully saturated rings. The lowest BCUT2D eigenvalue weighted by atomic mass is 10.3. The molecule has 2 amide bonds. The molecule has 3 nitrogen and oxygen atoms in total. The van der Waals surface area contributed by atoms with E-state index in [0.717, 1.165) is 18.4 Å². The van der Waals surface area contributed by atoms with Crippen molar-refractivity contribution < 1.29 is 9.18 Å². The van der Waals surface area contributed by atoms with Gasteiger partial charge in [-0.2, -0.15) is 11.3 Å². The van der Waals surface area contributed by atoms with Gasteiger partial charge in [-0.25, -0.2) is 9.18 Å². The standard InChI is InChI=1S/C15H15FN2OS/c16-13-3-1-2-4-14(13)17-15(19)18(12-5-6-12)9-11-7-8-20-10-11/h1-4,7-8,10,12H,5-6,9H2,(H,17,19). The van der Waals surface area contributed by atoms with Crippen LogP contribution in [0, 0.1) is 5.82 Å². The van der Waals surface area contributed by atoms with Crippen molar-refractivity contribution in [1.82, 2.24) is 4.90 Å². The summed E-state index contributed by atoms with van der Waals surface area (Å²) < 4.78 is 13.6. The Bertz CT molecular complexity index is 596. The van der Waals surface area contributed by atoms with Crippen molar-refractivity contribution >= 4 is 23.1 Å². The third kappa shape index (κ3) is 2.99. The van der Waals surface area contributed by atoms with Crippen LogP contribution in [0.25, 0.3) is 0 Å². The molecule has 1 aromatic carbocycles. The Labute approximate surface area is 121 Å². The summed E-state index contributed by atoms with van der Waals surface area (Å²) in [5, 5.41) is 6.69. The SMILES string of the molecule is O=C(Nc1ccccc1F)N(Cc1ccsc1)C1CC1. The van der Waals surface area contributed by atoms with Crippen molar-refractivity contribution in [3.05, 3.63) is 52.5 Å². The zero-order valence-electron chi connectivity index (χ0n) is 10.9. The highest BCUT2D eigenvalue weighted by Gasteiger charge is 2.32. The van der Waals surface area contributed by atoms with Gasteiger partial charge in [-0.05, 0) is 47.4 Å². The van der Waals surface area contributed by atoms with E-state index in [9.17, 15) is 9.18 Å². The van der Waals surface area contributed by atoms with Gasteiger partial charge in [0, 0.05) is 12.6 Å². The van der Waals surface area contributed by atoms with Crippen molar-refractivity contribution in [1.29, 1.82) is 0 Å². The fourth-order valence-electron chi connectivity index (χ4n) is 2.08. The first kappa shape index (κ1) is 13.1. The van der Waals surface area contributed by atoms with E-state index in [1.54, 1.807) is 34.4 Å². The van der Waals surface area contributed by atoms with Crippen LogP contribution in [-0.4, -0.2) is 17.0 Å². The van der Waals surface area contributed by atoms with Gasteiger partial charge in [0.05, 0.1) is 5.69 Å². The predicted molar refractivity (Wildman–Crippen MR) is 78.3 cm³/mol. The zero-order chi connectivity index (χ0) is 13.9. The molecule has 1 heterocycles. The number of thiophene rings is 1.